The van der Waals surface area contributed by atoms with Crippen LogP contribution >= 0.6 is 0 Å². The Morgan fingerprint density at radius 3 is 2.74 bits per heavy atom. The van der Waals surface area contributed by atoms with Crippen LogP contribution in [0.3, 0.4) is 0 Å². The number of esters is 1. The molecule has 2 aromatic rings. The third kappa shape index (κ3) is 4.14. The molecule has 0 radical (unpaired) electrons. The summed E-state index contributed by atoms with van der Waals surface area (Å²) in [5.41, 5.74) is -0.570. The number of fused-ring (bicyclic) bond motifs is 1. The average molecular weight is 374 g/mol. The third-order valence-corrected chi connectivity index (χ3v) is 4.47. The highest BCUT2D eigenvalue weighted by Crippen LogP contribution is 2.35. The van der Waals surface area contributed by atoms with Crippen LogP contribution in [0.15, 0.2) is 45.1 Å². The van der Waals surface area contributed by atoms with Gasteiger partial charge in [0.1, 0.15) is 12.7 Å². The number of hydrogen-bond donors (Lipinski definition) is 1. The number of carbonyl (C=O) groups excluding carboxylic acids is 1. The van der Waals surface area contributed by atoms with Crippen molar-refractivity contribution in [2.45, 2.75) is 38.4 Å². The number of rotatable bonds is 6. The van der Waals surface area contributed by atoms with Gasteiger partial charge in [-0.15, -0.1) is 0 Å². The molecule has 1 aliphatic heterocycles. The molecule has 3 rings (SSSR count). The minimum Gasteiger partial charge on any atom is -0.490 e. The molecule has 1 aromatic carbocycles. The Labute approximate surface area is 156 Å². The molecule has 7 heteroatoms. The maximum absolute atomic E-state index is 11.5. The number of carbonyl (C=O) groups is 1. The third-order valence-electron chi connectivity index (χ3n) is 4.47. The lowest BCUT2D eigenvalue weighted by Crippen LogP contribution is -2.29. The molecule has 1 saturated heterocycles. The number of methoxy groups -OCH3 is 1. The Kier molecular flexibility index (Phi) is 5.23. The van der Waals surface area contributed by atoms with Gasteiger partial charge in [0.05, 0.1) is 7.11 Å². The van der Waals surface area contributed by atoms with E-state index in [1.807, 2.05) is 13.0 Å². The van der Waals surface area contributed by atoms with Crippen LogP contribution in [0, 0.1) is 0 Å². The van der Waals surface area contributed by atoms with Gasteiger partial charge >= 0.3 is 11.6 Å². The molecule has 144 valence electrons. The highest BCUT2D eigenvalue weighted by atomic mass is 16.6. The zero-order valence-corrected chi connectivity index (χ0v) is 15.5. The smallest absolute Gasteiger partial charge is 0.338 e. The van der Waals surface area contributed by atoms with Gasteiger partial charge in [0.15, 0.2) is 16.9 Å². The maximum atomic E-state index is 11.5. The van der Waals surface area contributed by atoms with Gasteiger partial charge in [0.2, 0.25) is 5.75 Å². The second-order valence-corrected chi connectivity index (χ2v) is 6.84. The first-order valence-electron chi connectivity index (χ1n) is 8.63. The van der Waals surface area contributed by atoms with Gasteiger partial charge in [-0.05, 0) is 38.1 Å². The summed E-state index contributed by atoms with van der Waals surface area (Å²) >= 11 is 0. The molecule has 0 saturated carbocycles. The summed E-state index contributed by atoms with van der Waals surface area (Å²) < 4.78 is 21.5. The highest BCUT2D eigenvalue weighted by molar-refractivity contribution is 5.85. The van der Waals surface area contributed by atoms with Gasteiger partial charge in [-0.3, -0.25) is 0 Å². The standard InChI is InChI=1S/C20H22O7/c1-12(10-14-11-20(2,23)19(22)26-14)8-9-25-15-6-4-13-5-7-16(21)27-17(13)18(15)24-3/h4-8,14,23H,9-11H2,1-3H3/t14-,20+/m1/s1. The van der Waals surface area contributed by atoms with Gasteiger partial charge in [0.25, 0.3) is 0 Å². The predicted molar refractivity (Wildman–Crippen MR) is 98.0 cm³/mol. The summed E-state index contributed by atoms with van der Waals surface area (Å²) in [5, 5.41) is 10.6. The Morgan fingerprint density at radius 1 is 1.33 bits per heavy atom. The van der Waals surface area contributed by atoms with Crippen LogP contribution in [-0.4, -0.2) is 36.5 Å². The molecule has 1 N–H and O–H groups in total. The fourth-order valence-corrected chi connectivity index (χ4v) is 3.07. The van der Waals surface area contributed by atoms with Crippen molar-refractivity contribution in [2.75, 3.05) is 13.7 Å². The van der Waals surface area contributed by atoms with E-state index in [2.05, 4.69) is 0 Å². The zero-order valence-electron chi connectivity index (χ0n) is 15.5. The Balaban J connectivity index is 1.67. The van der Waals surface area contributed by atoms with E-state index in [0.29, 0.717) is 23.5 Å². The minimum atomic E-state index is -1.41. The number of cyclic esters (lactones) is 1. The molecule has 1 aliphatic rings. The lowest BCUT2D eigenvalue weighted by Gasteiger charge is -2.12. The van der Waals surface area contributed by atoms with E-state index in [-0.39, 0.29) is 19.1 Å². The Bertz CT molecular complexity index is 939. The summed E-state index contributed by atoms with van der Waals surface area (Å²) in [6.07, 6.45) is 2.32. The first-order chi connectivity index (χ1) is 12.8. The molecule has 0 amide bonds. The lowest BCUT2D eigenvalue weighted by molar-refractivity contribution is -0.153. The van der Waals surface area contributed by atoms with Crippen molar-refractivity contribution in [3.8, 4) is 11.5 Å². The second kappa shape index (κ2) is 7.44. The summed E-state index contributed by atoms with van der Waals surface area (Å²) in [6.45, 7) is 3.63. The van der Waals surface area contributed by atoms with E-state index in [0.717, 1.165) is 11.0 Å². The molecule has 2 atom stereocenters. The van der Waals surface area contributed by atoms with Crippen LogP contribution < -0.4 is 15.1 Å². The molecule has 2 heterocycles. The average Bonchev–Trinajstić information content (AvgIpc) is 2.86. The van der Waals surface area contributed by atoms with Gasteiger partial charge in [0, 0.05) is 24.3 Å². The van der Waals surface area contributed by atoms with E-state index in [1.165, 1.54) is 20.1 Å². The SMILES string of the molecule is COc1c(OCC=C(C)C[C@@H]2C[C@](C)(O)C(=O)O2)ccc2ccc(=O)oc12. The summed E-state index contributed by atoms with van der Waals surface area (Å²) in [5.74, 6) is 0.231. The van der Waals surface area contributed by atoms with Crippen LogP contribution in [0.5, 0.6) is 11.5 Å². The number of aliphatic hydroxyl groups is 1. The van der Waals surface area contributed by atoms with Gasteiger partial charge in [-0.25, -0.2) is 9.59 Å². The molecular weight excluding hydrogens is 352 g/mol. The molecular formula is C20H22O7. The molecule has 27 heavy (non-hydrogen) atoms. The minimum absolute atomic E-state index is 0.266. The van der Waals surface area contributed by atoms with Crippen LogP contribution in [0.4, 0.5) is 0 Å². The van der Waals surface area contributed by atoms with Crippen molar-refractivity contribution in [2.24, 2.45) is 0 Å². The quantitative estimate of drug-likeness (QED) is 0.472. The highest BCUT2D eigenvalue weighted by Gasteiger charge is 2.43. The van der Waals surface area contributed by atoms with Crippen molar-refractivity contribution in [3.05, 3.63) is 46.3 Å². The fraction of sp³-hybridized carbons (Fsp3) is 0.400. The molecule has 0 unspecified atom stereocenters. The van der Waals surface area contributed by atoms with E-state index >= 15 is 0 Å². The Hall–Kier alpha value is -2.80. The molecule has 0 bridgehead atoms. The largest absolute Gasteiger partial charge is 0.490 e. The molecule has 7 nitrogen and oxygen atoms in total. The van der Waals surface area contributed by atoms with Crippen LogP contribution in [0.1, 0.15) is 26.7 Å². The van der Waals surface area contributed by atoms with E-state index in [4.69, 9.17) is 18.6 Å². The monoisotopic (exact) mass is 374 g/mol. The first-order valence-corrected chi connectivity index (χ1v) is 8.63. The zero-order chi connectivity index (χ0) is 19.6. The first kappa shape index (κ1) is 19.0. The lowest BCUT2D eigenvalue weighted by atomic mass is 9.99. The van der Waals surface area contributed by atoms with Crippen molar-refractivity contribution in [1.82, 2.24) is 0 Å². The van der Waals surface area contributed by atoms with Gasteiger partial charge in [-0.1, -0.05) is 5.57 Å². The van der Waals surface area contributed by atoms with E-state index < -0.39 is 17.2 Å². The van der Waals surface area contributed by atoms with Crippen molar-refractivity contribution < 1.29 is 28.5 Å². The molecule has 1 aromatic heterocycles. The summed E-state index contributed by atoms with van der Waals surface area (Å²) in [4.78, 5) is 23.0. The molecule has 1 fully saturated rings. The Morgan fingerprint density at radius 2 is 2.07 bits per heavy atom. The summed E-state index contributed by atoms with van der Waals surface area (Å²) in [7, 11) is 1.48. The normalized spacial score (nSPS) is 22.7. The number of ether oxygens (including phenoxy) is 3. The van der Waals surface area contributed by atoms with E-state index in [1.54, 1.807) is 18.2 Å². The predicted octanol–water partition coefficient (Wildman–Crippen LogP) is 2.58. The van der Waals surface area contributed by atoms with E-state index in [9.17, 15) is 14.7 Å². The van der Waals surface area contributed by atoms with Gasteiger partial charge in [-0.2, -0.15) is 0 Å². The fourth-order valence-electron chi connectivity index (χ4n) is 3.07. The number of benzene rings is 1. The molecule has 0 aliphatic carbocycles. The summed E-state index contributed by atoms with van der Waals surface area (Å²) in [6, 6.07) is 6.55. The van der Waals surface area contributed by atoms with Crippen molar-refractivity contribution in [1.29, 1.82) is 0 Å². The van der Waals surface area contributed by atoms with Crippen LogP contribution in [-0.2, 0) is 9.53 Å². The van der Waals surface area contributed by atoms with Crippen molar-refractivity contribution >= 4 is 16.9 Å². The maximum Gasteiger partial charge on any atom is 0.338 e. The van der Waals surface area contributed by atoms with Gasteiger partial charge < -0.3 is 23.7 Å². The van der Waals surface area contributed by atoms with Crippen LogP contribution in [0.25, 0.3) is 11.0 Å². The topological polar surface area (TPSA) is 95.2 Å². The van der Waals surface area contributed by atoms with Crippen LogP contribution in [0.2, 0.25) is 0 Å². The molecule has 0 spiro atoms. The van der Waals surface area contributed by atoms with Crippen molar-refractivity contribution in [3.63, 3.8) is 0 Å². The second-order valence-electron chi connectivity index (χ2n) is 6.84. The number of hydrogen-bond acceptors (Lipinski definition) is 7.